The first-order chi connectivity index (χ1) is 27.6. The third-order valence-electron chi connectivity index (χ3n) is 11.1. The quantitative estimate of drug-likeness (QED) is 0.150. The summed E-state index contributed by atoms with van der Waals surface area (Å²) in [7, 11) is 1.85. The molecular weight excluding hydrogens is 790 g/mol. The molecule has 4 aromatic rings. The van der Waals surface area contributed by atoms with Gasteiger partial charge in [0.1, 0.15) is 0 Å². The first-order valence-corrected chi connectivity index (χ1v) is 23.3. The van der Waals surface area contributed by atoms with Crippen molar-refractivity contribution in [2.45, 2.75) is 37.3 Å². The van der Waals surface area contributed by atoms with E-state index in [4.69, 9.17) is 16.7 Å². The second-order valence-electron chi connectivity index (χ2n) is 15.1. The summed E-state index contributed by atoms with van der Waals surface area (Å²) in [6, 6.07) is 28.7. The van der Waals surface area contributed by atoms with Gasteiger partial charge in [0.05, 0.1) is 11.5 Å². The Morgan fingerprint density at radius 2 is 1.09 bits per heavy atom. The van der Waals surface area contributed by atoms with Crippen molar-refractivity contribution in [1.82, 2.24) is 23.9 Å². The zero-order chi connectivity index (χ0) is 39.9. The van der Waals surface area contributed by atoms with Gasteiger partial charge < -0.3 is 19.8 Å². The number of sulfonamides is 1. The van der Waals surface area contributed by atoms with Crippen molar-refractivity contribution in [3.63, 3.8) is 0 Å². The Bertz CT molecular complexity index is 2200. The Labute approximate surface area is 353 Å². The largest absolute Gasteiger partial charge is 0.395 e. The Morgan fingerprint density at radius 1 is 0.632 bits per heavy atom. The molecule has 12 heteroatoms. The van der Waals surface area contributed by atoms with Crippen molar-refractivity contribution < 1.29 is 13.5 Å². The van der Waals surface area contributed by atoms with E-state index in [0.717, 1.165) is 106 Å². The van der Waals surface area contributed by atoms with E-state index >= 15 is 0 Å². The summed E-state index contributed by atoms with van der Waals surface area (Å²) < 4.78 is 26.7. The number of piperazine rings is 2. The van der Waals surface area contributed by atoms with Crippen LogP contribution in [0.3, 0.4) is 0 Å². The fourth-order valence-corrected chi connectivity index (χ4v) is 11.0. The number of hydrogen-bond donors (Lipinski definition) is 1. The molecule has 1 N–H and O–H groups in total. The van der Waals surface area contributed by atoms with Gasteiger partial charge in [-0.05, 0) is 102 Å². The number of likely N-dealkylation sites (N-methyl/N-ethyl adjacent to an activating group) is 1. The molecule has 302 valence electrons. The van der Waals surface area contributed by atoms with Gasteiger partial charge in [-0.25, -0.2) is 12.7 Å². The van der Waals surface area contributed by atoms with Gasteiger partial charge in [-0.3, -0.25) is 4.90 Å². The molecule has 4 heterocycles. The Balaban J connectivity index is 0.000000175. The number of halogens is 1. The SMILES string of the molecule is CN1CCN(CC/C=C2/c3ccccc3Sc3ccc(S(=O)(=O)N(C)C)cc32)CC1.OCCN1CCN(CC/C=C2/c3ccccc3Sc3ccc(Cl)cc32)CC1. The Kier molecular flexibility index (Phi) is 14.4. The molecule has 8 rings (SSSR count). The minimum absolute atomic E-state index is 0.255. The molecule has 4 aliphatic heterocycles. The Hall–Kier alpha value is -2.94. The first kappa shape index (κ1) is 42.2. The molecule has 0 aromatic heterocycles. The standard InChI is InChI=1S/C23H29N3O2S2.C22H25ClN2OS/c1-24(2)30(27,28)18-10-11-23-21(17-18)19(20-7-4-5-9-22(20)29-23)8-6-12-26-15-13-25(3)14-16-26;23-17-7-8-22-20(16-17)18(19-4-1-2-6-21(19)27-22)5-3-9-24-10-12-25(13-11-24)14-15-26/h4-5,7-11,17H,6,12-16H2,1-3H3;1-2,4-8,16,26H,3,9-15H2/b19-8-;18-5-. The van der Waals surface area contributed by atoms with Crippen molar-refractivity contribution >= 4 is 56.3 Å². The molecule has 0 radical (unpaired) electrons. The molecule has 57 heavy (non-hydrogen) atoms. The summed E-state index contributed by atoms with van der Waals surface area (Å²) in [6.07, 6.45) is 6.65. The fourth-order valence-electron chi connectivity index (χ4n) is 7.74. The van der Waals surface area contributed by atoms with Gasteiger partial charge in [0, 0.05) is 111 Å². The molecule has 0 spiro atoms. The predicted molar refractivity (Wildman–Crippen MR) is 237 cm³/mol. The number of fused-ring (bicyclic) bond motifs is 4. The zero-order valence-corrected chi connectivity index (χ0v) is 36.4. The van der Waals surface area contributed by atoms with Crippen LogP contribution in [-0.4, -0.2) is 137 Å². The molecule has 0 unspecified atom stereocenters. The smallest absolute Gasteiger partial charge is 0.242 e. The van der Waals surface area contributed by atoms with Gasteiger partial charge in [0.2, 0.25) is 10.0 Å². The summed E-state index contributed by atoms with van der Waals surface area (Å²) in [5.74, 6) is 0. The van der Waals surface area contributed by atoms with Crippen LogP contribution in [0.2, 0.25) is 5.02 Å². The van der Waals surface area contributed by atoms with E-state index in [0.29, 0.717) is 4.90 Å². The monoisotopic (exact) mass is 843 g/mol. The molecule has 4 aromatic carbocycles. The van der Waals surface area contributed by atoms with Crippen LogP contribution in [0.25, 0.3) is 11.1 Å². The molecule has 2 fully saturated rings. The summed E-state index contributed by atoms with van der Waals surface area (Å²) in [5.41, 5.74) is 7.21. The molecule has 0 saturated carbocycles. The second kappa shape index (κ2) is 19.4. The number of hydrogen-bond acceptors (Lipinski definition) is 9. The predicted octanol–water partition coefficient (Wildman–Crippen LogP) is 7.71. The lowest BCUT2D eigenvalue weighted by atomic mass is 9.96. The van der Waals surface area contributed by atoms with Gasteiger partial charge in [0.25, 0.3) is 0 Å². The van der Waals surface area contributed by atoms with Crippen LogP contribution in [0.5, 0.6) is 0 Å². The highest BCUT2D eigenvalue weighted by molar-refractivity contribution is 7.99. The number of rotatable bonds is 10. The summed E-state index contributed by atoms with van der Waals surface area (Å²) in [4.78, 5) is 15.0. The van der Waals surface area contributed by atoms with Crippen LogP contribution >= 0.6 is 35.1 Å². The van der Waals surface area contributed by atoms with Crippen molar-refractivity contribution in [3.05, 3.63) is 124 Å². The molecule has 0 amide bonds. The zero-order valence-electron chi connectivity index (χ0n) is 33.2. The van der Waals surface area contributed by atoms with E-state index in [1.165, 1.54) is 41.3 Å². The highest BCUT2D eigenvalue weighted by atomic mass is 35.5. The second-order valence-corrected chi connectivity index (χ2v) is 19.9. The van der Waals surface area contributed by atoms with Crippen LogP contribution < -0.4 is 0 Å². The average Bonchev–Trinajstić information content (AvgIpc) is 3.22. The van der Waals surface area contributed by atoms with Crippen molar-refractivity contribution in [1.29, 1.82) is 0 Å². The molecule has 8 nitrogen and oxygen atoms in total. The van der Waals surface area contributed by atoms with Gasteiger partial charge in [-0.1, -0.05) is 83.7 Å². The minimum Gasteiger partial charge on any atom is -0.395 e. The number of nitrogens with zero attached hydrogens (tertiary/aromatic N) is 5. The van der Waals surface area contributed by atoms with Gasteiger partial charge >= 0.3 is 0 Å². The normalized spacial score (nSPS) is 19.1. The lowest BCUT2D eigenvalue weighted by Gasteiger charge is -2.34. The maximum absolute atomic E-state index is 12.7. The average molecular weight is 845 g/mol. The van der Waals surface area contributed by atoms with E-state index in [9.17, 15) is 8.42 Å². The van der Waals surface area contributed by atoms with Gasteiger partial charge in [0.15, 0.2) is 0 Å². The molecule has 2 saturated heterocycles. The fraction of sp³-hybridized carbons (Fsp3) is 0.378. The molecule has 4 aliphatic rings. The highest BCUT2D eigenvalue weighted by Crippen LogP contribution is 2.47. The van der Waals surface area contributed by atoms with Crippen LogP contribution in [-0.2, 0) is 10.0 Å². The number of aliphatic hydroxyl groups is 1. The van der Waals surface area contributed by atoms with Crippen molar-refractivity contribution in [2.75, 3.05) is 99.7 Å². The minimum atomic E-state index is -3.47. The number of aliphatic hydroxyl groups excluding tert-OH is 1. The van der Waals surface area contributed by atoms with E-state index in [2.05, 4.69) is 99.5 Å². The van der Waals surface area contributed by atoms with Crippen molar-refractivity contribution in [3.8, 4) is 0 Å². The third kappa shape index (κ3) is 10.3. The molecule has 0 aliphatic carbocycles. The van der Waals surface area contributed by atoms with E-state index in [1.807, 2.05) is 30.0 Å². The van der Waals surface area contributed by atoms with E-state index < -0.39 is 10.0 Å². The van der Waals surface area contributed by atoms with Crippen LogP contribution in [0, 0.1) is 0 Å². The first-order valence-electron chi connectivity index (χ1n) is 19.9. The lowest BCUT2D eigenvalue weighted by Crippen LogP contribution is -2.47. The summed E-state index contributed by atoms with van der Waals surface area (Å²) in [6.45, 7) is 11.9. The van der Waals surface area contributed by atoms with E-state index in [-0.39, 0.29) is 6.61 Å². The molecule has 0 bridgehead atoms. The van der Waals surface area contributed by atoms with Crippen LogP contribution in [0.4, 0.5) is 0 Å². The van der Waals surface area contributed by atoms with Gasteiger partial charge in [-0.2, -0.15) is 0 Å². The van der Waals surface area contributed by atoms with Crippen LogP contribution in [0.1, 0.15) is 35.1 Å². The molecular formula is C45H54ClN5O3S3. The maximum Gasteiger partial charge on any atom is 0.242 e. The van der Waals surface area contributed by atoms with Crippen LogP contribution in [0.15, 0.2) is 122 Å². The maximum atomic E-state index is 12.7. The third-order valence-corrected chi connectivity index (χ3v) is 15.5. The summed E-state index contributed by atoms with van der Waals surface area (Å²) >= 11 is 9.83. The number of benzene rings is 4. The van der Waals surface area contributed by atoms with Gasteiger partial charge in [-0.15, -0.1) is 0 Å². The highest BCUT2D eigenvalue weighted by Gasteiger charge is 2.26. The summed E-state index contributed by atoms with van der Waals surface area (Å²) in [5, 5.41) is 9.87. The number of β-amino-alcohol motifs (C(OH)–C–C–N with tert-alkyl or cyclic N) is 1. The van der Waals surface area contributed by atoms with Crippen molar-refractivity contribution in [2.24, 2.45) is 0 Å². The Morgan fingerprint density at radius 3 is 1.61 bits per heavy atom. The molecule has 0 atom stereocenters. The topological polar surface area (TPSA) is 70.6 Å². The van der Waals surface area contributed by atoms with E-state index in [1.54, 1.807) is 31.9 Å². The lowest BCUT2D eigenvalue weighted by molar-refractivity contribution is 0.114.